The molecule has 17 heteroatoms. The summed E-state index contributed by atoms with van der Waals surface area (Å²) < 4.78 is 28.7. The van der Waals surface area contributed by atoms with Crippen LogP contribution in [0.1, 0.15) is 69.8 Å². The molecule has 0 spiro atoms. The molecule has 1 aromatic carbocycles. The highest BCUT2D eigenvalue weighted by Gasteiger charge is 2.43. The lowest BCUT2D eigenvalue weighted by Gasteiger charge is -2.29. The van der Waals surface area contributed by atoms with Crippen LogP contribution in [0.3, 0.4) is 0 Å². The molecule has 310 valence electrons. The molecule has 6 N–H and O–H groups in total. The number of nitrogens with two attached hydrogens (primary N) is 1. The lowest BCUT2D eigenvalue weighted by Crippen LogP contribution is -2.52. The number of nitrogens with zero attached hydrogens (tertiary/aromatic N) is 5. The first-order valence-corrected chi connectivity index (χ1v) is 21.1. The number of nitrogens with one attached hydrogen (secondary N) is 2. The molecule has 0 saturated carbocycles. The minimum Gasteiger partial charge on any atom is -0.480 e. The van der Waals surface area contributed by atoms with Crippen LogP contribution in [-0.2, 0) is 49.0 Å². The summed E-state index contributed by atoms with van der Waals surface area (Å²) >= 11 is 0. The Bertz CT molecular complexity index is 1900. The molecule has 0 fully saturated rings. The maximum Gasteiger partial charge on any atom is 0.317 e. The molecule has 3 heterocycles. The third kappa shape index (κ3) is 15.2. The average molecular weight is 812 g/mol. The van der Waals surface area contributed by atoms with Gasteiger partial charge < -0.3 is 20.8 Å². The van der Waals surface area contributed by atoms with Crippen molar-refractivity contribution < 1.29 is 51.4 Å². The van der Waals surface area contributed by atoms with Crippen molar-refractivity contribution in [2.75, 3.05) is 57.7 Å². The molecule has 0 bridgehead atoms. The third-order valence-corrected chi connectivity index (χ3v) is 11.0. The Kier molecular flexibility index (Phi) is 17.0. The fourth-order valence-electron chi connectivity index (χ4n) is 7.31. The number of pyridine rings is 2. The van der Waals surface area contributed by atoms with Gasteiger partial charge in [-0.3, -0.25) is 33.5 Å². The number of primary sulfonamides is 1. The molecule has 2 aromatic heterocycles. The maximum atomic E-state index is 12.8. The van der Waals surface area contributed by atoms with Crippen LogP contribution in [0.15, 0.2) is 78.0 Å². The van der Waals surface area contributed by atoms with Crippen LogP contribution >= 0.6 is 0 Å². The van der Waals surface area contributed by atoms with Crippen molar-refractivity contribution in [1.82, 2.24) is 15.1 Å². The number of hydrogen-bond donors (Lipinski definition) is 5. The van der Waals surface area contributed by atoms with Crippen LogP contribution < -0.4 is 24.9 Å². The van der Waals surface area contributed by atoms with Gasteiger partial charge in [0.2, 0.25) is 33.2 Å². The molecule has 1 aliphatic rings. The fraction of sp³-hybridized carbons (Fsp3) is 0.500. The number of carbonyl (C=O) groups excluding carboxylic acids is 2. The zero-order valence-corrected chi connectivity index (χ0v) is 33.9. The van der Waals surface area contributed by atoms with Gasteiger partial charge in [-0.25, -0.2) is 13.6 Å². The Balaban J connectivity index is 1.16. The molecule has 3 aromatic rings. The molecular weight excluding hydrogens is 753 g/mol. The van der Waals surface area contributed by atoms with E-state index in [1.807, 2.05) is 0 Å². The largest absolute Gasteiger partial charge is 0.480 e. The first kappa shape index (κ1) is 44.9. The van der Waals surface area contributed by atoms with Crippen molar-refractivity contribution in [1.29, 1.82) is 0 Å². The summed E-state index contributed by atoms with van der Waals surface area (Å²) in [6, 6.07) is 18.5. The molecule has 16 nitrogen and oxygen atoms in total. The first-order chi connectivity index (χ1) is 27.1. The fourth-order valence-corrected chi connectivity index (χ4v) is 7.82. The van der Waals surface area contributed by atoms with Gasteiger partial charge in [0.05, 0.1) is 37.6 Å². The highest BCUT2D eigenvalue weighted by molar-refractivity contribution is 7.89. The van der Waals surface area contributed by atoms with E-state index in [2.05, 4.69) is 82.4 Å². The van der Waals surface area contributed by atoms with Gasteiger partial charge >= 0.3 is 11.9 Å². The number of sulfonamides is 1. The van der Waals surface area contributed by atoms with Crippen LogP contribution in [0.25, 0.3) is 0 Å². The van der Waals surface area contributed by atoms with Crippen molar-refractivity contribution >= 4 is 39.5 Å². The van der Waals surface area contributed by atoms with E-state index in [0.717, 1.165) is 69.3 Å². The van der Waals surface area contributed by atoms with Crippen molar-refractivity contribution in [3.63, 3.8) is 0 Å². The highest BCUT2D eigenvalue weighted by atomic mass is 32.2. The number of carbonyl (C=O) groups is 4. The molecule has 57 heavy (non-hydrogen) atoms. The Hall–Kier alpha value is -4.81. The van der Waals surface area contributed by atoms with Gasteiger partial charge in [-0.1, -0.05) is 19.3 Å². The molecule has 4 rings (SSSR count). The highest BCUT2D eigenvalue weighted by Crippen LogP contribution is 2.24. The summed E-state index contributed by atoms with van der Waals surface area (Å²) in [5, 5.41) is 29.4. The van der Waals surface area contributed by atoms with Crippen LogP contribution in [0, 0.1) is 0 Å². The number of rotatable bonds is 25. The number of unbranched alkanes of at least 4 members (excludes halogenated alkanes) is 5. The van der Waals surface area contributed by atoms with Crippen molar-refractivity contribution in [2.24, 2.45) is 5.14 Å². The van der Waals surface area contributed by atoms with Gasteiger partial charge in [0.15, 0.2) is 31.5 Å². The topological polar surface area (TPSA) is 207 Å². The number of benzene rings is 1. The Labute approximate surface area is 335 Å². The normalized spacial score (nSPS) is 15.2. The standard InChI is InChI=1S/C40H56N8O8S/c1-32(2)47-21-11-8-14-35(47)30-48(29-34-13-7-10-20-46(34)31-48)24-12-6-4-3-5-9-19-42-37(49)25-44(27-39(51)52)22-23-45(28-40(53)54)26-38(50)43-33-15-17-36(18-16-33)57(41,55)56/h7-8,10-11,13-18,20-21,32H,3-6,9,12,19,22-31H2,1-2H3,(H3-3,41,42,43,49,50,51,52,53,54,55,56)/p+3. The van der Waals surface area contributed by atoms with E-state index in [9.17, 15) is 37.8 Å². The van der Waals surface area contributed by atoms with Gasteiger partial charge in [0.1, 0.15) is 0 Å². The number of quaternary nitrogens is 1. The van der Waals surface area contributed by atoms with E-state index in [-0.39, 0.29) is 42.7 Å². The molecule has 1 unspecified atom stereocenters. The van der Waals surface area contributed by atoms with E-state index in [1.165, 1.54) is 45.5 Å². The predicted molar refractivity (Wildman–Crippen MR) is 212 cm³/mol. The minimum absolute atomic E-state index is 0.000602. The summed E-state index contributed by atoms with van der Waals surface area (Å²) in [5.74, 6) is -3.23. The van der Waals surface area contributed by atoms with Gasteiger partial charge in [-0.15, -0.1) is 4.57 Å². The second-order valence-corrected chi connectivity index (χ2v) is 16.7. The lowest BCUT2D eigenvalue weighted by molar-refractivity contribution is -1.04. The smallest absolute Gasteiger partial charge is 0.317 e. The zero-order valence-electron chi connectivity index (χ0n) is 33.1. The number of carboxylic acids is 2. The number of aromatic nitrogens is 2. The Morgan fingerprint density at radius 3 is 2.00 bits per heavy atom. The number of amides is 2. The monoisotopic (exact) mass is 811 g/mol. The van der Waals surface area contributed by atoms with Gasteiger partial charge in [-0.05, 0) is 69.5 Å². The molecule has 1 atom stereocenters. The quantitative estimate of drug-likeness (QED) is 0.0477. The summed E-state index contributed by atoms with van der Waals surface area (Å²) in [6.45, 7) is 7.52. The predicted octanol–water partition coefficient (Wildman–Crippen LogP) is 1.85. The molecule has 0 radical (unpaired) electrons. The average Bonchev–Trinajstić information content (AvgIpc) is 3.50. The van der Waals surface area contributed by atoms with E-state index >= 15 is 0 Å². The van der Waals surface area contributed by atoms with Crippen LogP contribution in [0.5, 0.6) is 0 Å². The zero-order chi connectivity index (χ0) is 41.4. The minimum atomic E-state index is -3.91. The van der Waals surface area contributed by atoms with Crippen molar-refractivity contribution in [3.8, 4) is 0 Å². The molecule has 0 aliphatic carbocycles. The summed E-state index contributed by atoms with van der Waals surface area (Å²) in [7, 11) is -3.91. The van der Waals surface area contributed by atoms with E-state index in [1.54, 1.807) is 0 Å². The molecule has 1 aliphatic heterocycles. The van der Waals surface area contributed by atoms with E-state index < -0.39 is 41.0 Å². The van der Waals surface area contributed by atoms with E-state index in [4.69, 9.17) is 5.14 Å². The Morgan fingerprint density at radius 2 is 1.39 bits per heavy atom. The third-order valence-electron chi connectivity index (χ3n) is 10.0. The van der Waals surface area contributed by atoms with Gasteiger partial charge in [0, 0.05) is 49.6 Å². The summed E-state index contributed by atoms with van der Waals surface area (Å²) in [6.07, 6.45) is 10.5. The summed E-state index contributed by atoms with van der Waals surface area (Å²) in [5.41, 5.74) is 3.00. The van der Waals surface area contributed by atoms with Crippen molar-refractivity contribution in [2.45, 2.75) is 83.1 Å². The maximum absolute atomic E-state index is 12.8. The second-order valence-electron chi connectivity index (χ2n) is 15.2. The van der Waals surface area contributed by atoms with Crippen molar-refractivity contribution in [3.05, 3.63) is 84.4 Å². The Morgan fingerprint density at radius 1 is 0.789 bits per heavy atom. The molecule has 0 saturated heterocycles. The number of hydrogen-bond acceptors (Lipinski definition) is 8. The van der Waals surface area contributed by atoms with Crippen LogP contribution in [0.4, 0.5) is 5.69 Å². The van der Waals surface area contributed by atoms with Gasteiger partial charge in [0.25, 0.3) is 6.67 Å². The van der Waals surface area contributed by atoms with Crippen LogP contribution in [-0.4, -0.2) is 109 Å². The molecular formula is C40H59N8O8S+3. The summed E-state index contributed by atoms with van der Waals surface area (Å²) in [4.78, 5) is 51.1. The number of carboxylic acid groups (broad SMARTS) is 2. The lowest BCUT2D eigenvalue weighted by atomic mass is 10.1. The second kappa shape index (κ2) is 21.6. The SMILES string of the molecule is CC(C)[n+]1ccccc1C[N+]1(CCCCCCCCNC(=O)CN(CCN(CC(=O)O)CC(=O)Nc2ccc(S(N)(=O)=O)cc2)CC(=O)O)Cc2cccc[n+]2C1. The van der Waals surface area contributed by atoms with E-state index in [0.29, 0.717) is 12.6 Å². The number of aliphatic carboxylic acids is 2. The number of fused-ring (bicyclic) bond motifs is 1. The molecule has 2 amide bonds. The first-order valence-electron chi connectivity index (χ1n) is 19.5. The van der Waals surface area contributed by atoms with Gasteiger partial charge in [-0.2, -0.15) is 4.57 Å². The number of anilines is 1. The van der Waals surface area contributed by atoms with Crippen LogP contribution in [0.2, 0.25) is 0 Å².